The molecule has 9 heteroatoms. The van der Waals surface area contributed by atoms with E-state index in [0.717, 1.165) is 11.5 Å². The normalized spacial score (nSPS) is 10.6. The van der Waals surface area contributed by atoms with E-state index < -0.39 is 0 Å². The molecule has 0 fully saturated rings. The van der Waals surface area contributed by atoms with Crippen molar-refractivity contribution in [2.24, 2.45) is 7.05 Å². The van der Waals surface area contributed by atoms with Gasteiger partial charge in [0.15, 0.2) is 11.0 Å². The Morgan fingerprint density at radius 3 is 2.59 bits per heavy atom. The third kappa shape index (κ3) is 5.63. The number of nitrogens with zero attached hydrogens (tertiary/aromatic N) is 3. The van der Waals surface area contributed by atoms with Crippen LogP contribution in [-0.4, -0.2) is 26.4 Å². The smallest absolute Gasteiger partial charge is 0.234 e. The molecule has 1 heterocycles. The third-order valence-electron chi connectivity index (χ3n) is 3.66. The van der Waals surface area contributed by atoms with E-state index in [0.29, 0.717) is 27.4 Å². The standard InChI is InChI=1S/C18H17Cl2N5OS/c1-25-16(10-21-14-7-5-12(19)6-8-14)23-24-18(25)27-11-17(26)22-15-4-2-3-13(20)9-15/h2-9,21H,10-11H2,1H3,(H,22,26). The fraction of sp³-hybridized carbons (Fsp3) is 0.167. The SMILES string of the molecule is Cn1c(CNc2ccc(Cl)cc2)nnc1SCC(=O)Nc1cccc(Cl)c1. The van der Waals surface area contributed by atoms with E-state index in [1.54, 1.807) is 24.3 Å². The van der Waals surface area contributed by atoms with Crippen LogP contribution in [0.15, 0.2) is 53.7 Å². The van der Waals surface area contributed by atoms with Gasteiger partial charge in [0.2, 0.25) is 5.91 Å². The number of hydrogen-bond donors (Lipinski definition) is 2. The molecule has 0 saturated carbocycles. The van der Waals surface area contributed by atoms with Gasteiger partial charge in [0.1, 0.15) is 0 Å². The molecule has 0 radical (unpaired) electrons. The summed E-state index contributed by atoms with van der Waals surface area (Å²) in [6.07, 6.45) is 0. The summed E-state index contributed by atoms with van der Waals surface area (Å²) in [5, 5.41) is 16.3. The molecule has 1 aromatic heterocycles. The summed E-state index contributed by atoms with van der Waals surface area (Å²) in [6.45, 7) is 0.514. The van der Waals surface area contributed by atoms with Gasteiger partial charge < -0.3 is 15.2 Å². The molecule has 0 atom stereocenters. The Kier molecular flexibility index (Phi) is 6.60. The van der Waals surface area contributed by atoms with E-state index in [9.17, 15) is 4.79 Å². The second kappa shape index (κ2) is 9.12. The van der Waals surface area contributed by atoms with Crippen molar-refractivity contribution >= 4 is 52.2 Å². The zero-order chi connectivity index (χ0) is 19.2. The number of anilines is 2. The number of aromatic nitrogens is 3. The average molecular weight is 422 g/mol. The van der Waals surface area contributed by atoms with Crippen molar-refractivity contribution in [1.29, 1.82) is 0 Å². The Morgan fingerprint density at radius 1 is 1.07 bits per heavy atom. The average Bonchev–Trinajstić information content (AvgIpc) is 2.99. The molecule has 6 nitrogen and oxygen atoms in total. The maximum Gasteiger partial charge on any atom is 0.234 e. The van der Waals surface area contributed by atoms with Crippen molar-refractivity contribution in [1.82, 2.24) is 14.8 Å². The number of nitrogens with one attached hydrogen (secondary N) is 2. The van der Waals surface area contributed by atoms with Crippen molar-refractivity contribution < 1.29 is 4.79 Å². The number of carbonyl (C=O) groups excluding carboxylic acids is 1. The first-order chi connectivity index (χ1) is 13.0. The zero-order valence-electron chi connectivity index (χ0n) is 14.4. The summed E-state index contributed by atoms with van der Waals surface area (Å²) in [5.74, 6) is 0.858. The molecular weight excluding hydrogens is 405 g/mol. The van der Waals surface area contributed by atoms with Crippen LogP contribution in [0.1, 0.15) is 5.82 Å². The minimum atomic E-state index is -0.133. The van der Waals surface area contributed by atoms with Crippen molar-refractivity contribution in [2.75, 3.05) is 16.4 Å². The van der Waals surface area contributed by atoms with Gasteiger partial charge in [-0.15, -0.1) is 10.2 Å². The summed E-state index contributed by atoms with van der Waals surface area (Å²) in [6, 6.07) is 14.5. The van der Waals surface area contributed by atoms with E-state index in [-0.39, 0.29) is 11.7 Å². The van der Waals surface area contributed by atoms with Crippen molar-refractivity contribution in [3.8, 4) is 0 Å². The Morgan fingerprint density at radius 2 is 1.85 bits per heavy atom. The van der Waals surface area contributed by atoms with E-state index in [4.69, 9.17) is 23.2 Å². The van der Waals surface area contributed by atoms with Gasteiger partial charge in [-0.2, -0.15) is 0 Å². The topological polar surface area (TPSA) is 71.8 Å². The Bertz CT molecular complexity index is 930. The van der Waals surface area contributed by atoms with Gasteiger partial charge >= 0.3 is 0 Å². The third-order valence-corrected chi connectivity index (χ3v) is 5.17. The fourth-order valence-electron chi connectivity index (χ4n) is 2.27. The lowest BCUT2D eigenvalue weighted by Crippen LogP contribution is -2.14. The van der Waals surface area contributed by atoms with Gasteiger partial charge in [-0.25, -0.2) is 0 Å². The monoisotopic (exact) mass is 421 g/mol. The van der Waals surface area contributed by atoms with Gasteiger partial charge in [-0.3, -0.25) is 4.79 Å². The molecular formula is C18H17Cl2N5OS. The minimum Gasteiger partial charge on any atom is -0.378 e. The summed E-state index contributed by atoms with van der Waals surface area (Å²) < 4.78 is 1.86. The van der Waals surface area contributed by atoms with E-state index in [2.05, 4.69) is 20.8 Å². The molecule has 140 valence electrons. The summed E-state index contributed by atoms with van der Waals surface area (Å²) >= 11 is 13.1. The maximum atomic E-state index is 12.1. The quantitative estimate of drug-likeness (QED) is 0.550. The van der Waals surface area contributed by atoms with Crippen LogP contribution in [0, 0.1) is 0 Å². The minimum absolute atomic E-state index is 0.133. The Labute approximate surface area is 171 Å². The predicted molar refractivity (Wildman–Crippen MR) is 111 cm³/mol. The molecule has 0 saturated heterocycles. The van der Waals surface area contributed by atoms with Crippen molar-refractivity contribution in [3.05, 3.63) is 64.4 Å². The van der Waals surface area contributed by atoms with Crippen LogP contribution in [0.5, 0.6) is 0 Å². The van der Waals surface area contributed by atoms with Crippen LogP contribution in [0.2, 0.25) is 10.0 Å². The number of thioether (sulfide) groups is 1. The molecule has 1 amide bonds. The van der Waals surface area contributed by atoms with Crippen LogP contribution in [0.25, 0.3) is 0 Å². The van der Waals surface area contributed by atoms with E-state index in [1.165, 1.54) is 11.8 Å². The van der Waals surface area contributed by atoms with Crippen LogP contribution >= 0.6 is 35.0 Å². The molecule has 2 aromatic carbocycles. The molecule has 0 spiro atoms. The summed E-state index contributed by atoms with van der Waals surface area (Å²) in [7, 11) is 1.87. The lowest BCUT2D eigenvalue weighted by Gasteiger charge is -2.07. The predicted octanol–water partition coefficient (Wildman–Crippen LogP) is 4.46. The highest BCUT2D eigenvalue weighted by molar-refractivity contribution is 7.99. The summed E-state index contributed by atoms with van der Waals surface area (Å²) in [5.41, 5.74) is 1.61. The molecule has 2 N–H and O–H groups in total. The van der Waals surface area contributed by atoms with Crippen molar-refractivity contribution in [3.63, 3.8) is 0 Å². The molecule has 0 aliphatic carbocycles. The maximum absolute atomic E-state index is 12.1. The van der Waals surface area contributed by atoms with Crippen LogP contribution in [0.4, 0.5) is 11.4 Å². The number of amides is 1. The van der Waals surface area contributed by atoms with Crippen molar-refractivity contribution in [2.45, 2.75) is 11.7 Å². The highest BCUT2D eigenvalue weighted by Gasteiger charge is 2.11. The van der Waals surface area contributed by atoms with Gasteiger partial charge in [-0.1, -0.05) is 41.0 Å². The number of rotatable bonds is 7. The molecule has 27 heavy (non-hydrogen) atoms. The van der Waals surface area contributed by atoms with Crippen LogP contribution in [0.3, 0.4) is 0 Å². The highest BCUT2D eigenvalue weighted by Crippen LogP contribution is 2.19. The van der Waals surface area contributed by atoms with E-state index in [1.807, 2.05) is 35.9 Å². The second-order valence-corrected chi connectivity index (χ2v) is 7.48. The fourth-order valence-corrected chi connectivity index (χ4v) is 3.31. The zero-order valence-corrected chi connectivity index (χ0v) is 16.8. The number of halogens is 2. The molecule has 0 unspecified atom stereocenters. The second-order valence-electron chi connectivity index (χ2n) is 5.67. The Hall–Kier alpha value is -2.22. The lowest BCUT2D eigenvalue weighted by atomic mass is 10.3. The Balaban J connectivity index is 1.52. The number of carbonyl (C=O) groups is 1. The lowest BCUT2D eigenvalue weighted by molar-refractivity contribution is -0.113. The van der Waals surface area contributed by atoms with Crippen LogP contribution < -0.4 is 10.6 Å². The first-order valence-electron chi connectivity index (χ1n) is 8.07. The number of benzene rings is 2. The van der Waals surface area contributed by atoms with Gasteiger partial charge in [0, 0.05) is 28.5 Å². The molecule has 3 rings (SSSR count). The molecule has 0 aliphatic heterocycles. The first-order valence-corrected chi connectivity index (χ1v) is 9.81. The molecule has 0 aliphatic rings. The molecule has 3 aromatic rings. The largest absolute Gasteiger partial charge is 0.378 e. The van der Waals surface area contributed by atoms with E-state index >= 15 is 0 Å². The van der Waals surface area contributed by atoms with Gasteiger partial charge in [0.05, 0.1) is 12.3 Å². The van der Waals surface area contributed by atoms with Crippen LogP contribution in [-0.2, 0) is 18.4 Å². The van der Waals surface area contributed by atoms with Gasteiger partial charge in [-0.05, 0) is 42.5 Å². The summed E-state index contributed by atoms with van der Waals surface area (Å²) in [4.78, 5) is 12.1. The number of hydrogen-bond acceptors (Lipinski definition) is 5. The van der Waals surface area contributed by atoms with Gasteiger partial charge in [0.25, 0.3) is 0 Å². The first kappa shape index (κ1) is 19.5. The molecule has 0 bridgehead atoms. The highest BCUT2D eigenvalue weighted by atomic mass is 35.5.